The number of carbonyl (C=O) groups excluding carboxylic acids is 1. The summed E-state index contributed by atoms with van der Waals surface area (Å²) >= 11 is 1.38. The Morgan fingerprint density at radius 3 is 2.39 bits per heavy atom. The lowest BCUT2D eigenvalue weighted by Crippen LogP contribution is -2.23. The third-order valence-corrected chi connectivity index (χ3v) is 7.28. The van der Waals surface area contributed by atoms with Crippen molar-refractivity contribution in [3.05, 3.63) is 125 Å². The zero-order valence-electron chi connectivity index (χ0n) is 20.3. The second kappa shape index (κ2) is 9.95. The van der Waals surface area contributed by atoms with Gasteiger partial charge in [-0.1, -0.05) is 48.5 Å². The van der Waals surface area contributed by atoms with E-state index >= 15 is 0 Å². The molecule has 2 N–H and O–H groups in total. The molecule has 0 saturated carbocycles. The maximum absolute atomic E-state index is 13.6. The van der Waals surface area contributed by atoms with Gasteiger partial charge < -0.3 is 15.0 Å². The molecule has 0 unspecified atom stereocenters. The van der Waals surface area contributed by atoms with Gasteiger partial charge in [0.05, 0.1) is 16.6 Å². The summed E-state index contributed by atoms with van der Waals surface area (Å²) in [4.78, 5) is 24.7. The zero-order valence-corrected chi connectivity index (χ0v) is 21.1. The van der Waals surface area contributed by atoms with Crippen LogP contribution in [0.3, 0.4) is 0 Å². The van der Waals surface area contributed by atoms with Gasteiger partial charge in [-0.05, 0) is 75.4 Å². The molecule has 0 radical (unpaired) electrons. The predicted octanol–water partition coefficient (Wildman–Crippen LogP) is 6.59. The number of aromatic carboxylic acids is 1. The maximum atomic E-state index is 13.6. The molecule has 0 aliphatic heterocycles. The summed E-state index contributed by atoms with van der Waals surface area (Å²) in [5, 5.41) is 17.5. The fourth-order valence-electron chi connectivity index (χ4n) is 4.74. The number of carboxylic acids is 1. The van der Waals surface area contributed by atoms with Gasteiger partial charge >= 0.3 is 5.97 Å². The molecule has 0 aliphatic carbocycles. The van der Waals surface area contributed by atoms with E-state index in [0.717, 1.165) is 33.2 Å². The highest BCUT2D eigenvalue weighted by atomic mass is 32.1. The van der Waals surface area contributed by atoms with Crippen molar-refractivity contribution in [1.82, 2.24) is 14.3 Å². The Bertz CT molecular complexity index is 1790. The minimum Gasteiger partial charge on any atom is -0.478 e. The normalized spacial score (nSPS) is 11.2. The van der Waals surface area contributed by atoms with E-state index in [1.54, 1.807) is 24.3 Å². The molecular formula is C31H23N3O3S. The lowest BCUT2D eigenvalue weighted by molar-refractivity contribution is 0.0696. The number of amides is 1. The van der Waals surface area contributed by atoms with Gasteiger partial charge in [0.2, 0.25) is 0 Å². The van der Waals surface area contributed by atoms with Crippen molar-refractivity contribution in [3.63, 3.8) is 0 Å². The summed E-state index contributed by atoms with van der Waals surface area (Å²) in [6.07, 6.45) is 3.83. The quantitative estimate of drug-likeness (QED) is 0.250. The van der Waals surface area contributed by atoms with Crippen LogP contribution >= 0.6 is 11.5 Å². The highest BCUT2D eigenvalue weighted by molar-refractivity contribution is 7.03. The van der Waals surface area contributed by atoms with Gasteiger partial charge in [-0.15, -0.1) is 0 Å². The largest absolute Gasteiger partial charge is 0.478 e. The number of rotatable bonds is 7. The van der Waals surface area contributed by atoms with Crippen LogP contribution in [0.4, 0.5) is 0 Å². The van der Waals surface area contributed by atoms with E-state index in [2.05, 4.69) is 50.7 Å². The van der Waals surface area contributed by atoms with Crippen LogP contribution in [0, 0.1) is 0 Å². The molecule has 6 aromatic rings. The minimum atomic E-state index is -0.977. The number of fused-ring (bicyclic) bond motifs is 2. The average Bonchev–Trinajstić information content (AvgIpc) is 3.62. The van der Waals surface area contributed by atoms with Gasteiger partial charge in [0.15, 0.2) is 0 Å². The van der Waals surface area contributed by atoms with Gasteiger partial charge in [-0.25, -0.2) is 9.17 Å². The van der Waals surface area contributed by atoms with E-state index < -0.39 is 5.97 Å². The van der Waals surface area contributed by atoms with Crippen LogP contribution in [-0.4, -0.2) is 25.9 Å². The molecular weight excluding hydrogens is 494 g/mol. The smallest absolute Gasteiger partial charge is 0.335 e. The Labute approximate surface area is 223 Å². The molecule has 0 fully saturated rings. The molecule has 0 aliphatic rings. The van der Waals surface area contributed by atoms with E-state index in [-0.39, 0.29) is 18.0 Å². The van der Waals surface area contributed by atoms with E-state index in [4.69, 9.17) is 5.11 Å². The zero-order chi connectivity index (χ0) is 26.1. The number of hydrogen-bond donors (Lipinski definition) is 2. The fraction of sp³-hybridized carbons (Fsp3) is 0.0645. The molecule has 186 valence electrons. The van der Waals surface area contributed by atoms with Crippen LogP contribution in [0.15, 0.2) is 103 Å². The first kappa shape index (κ1) is 23.6. The van der Waals surface area contributed by atoms with E-state index in [1.165, 1.54) is 22.3 Å². The second-order valence-electron chi connectivity index (χ2n) is 9.18. The number of nitrogens with zero attached hydrogens (tertiary/aromatic N) is 2. The Morgan fingerprint density at radius 2 is 1.63 bits per heavy atom. The molecule has 0 spiro atoms. The Kier molecular flexibility index (Phi) is 6.19. The molecule has 2 heterocycles. The lowest BCUT2D eigenvalue weighted by Gasteiger charge is -2.13. The fourth-order valence-corrected chi connectivity index (χ4v) is 5.29. The first-order chi connectivity index (χ1) is 18.5. The molecule has 2 aromatic heterocycles. The topological polar surface area (TPSA) is 84.2 Å². The molecule has 6 nitrogen and oxygen atoms in total. The van der Waals surface area contributed by atoms with Gasteiger partial charge in [-0.3, -0.25) is 4.79 Å². The highest BCUT2D eigenvalue weighted by Crippen LogP contribution is 2.30. The van der Waals surface area contributed by atoms with E-state index in [0.29, 0.717) is 12.1 Å². The summed E-state index contributed by atoms with van der Waals surface area (Å²) in [7, 11) is 0. The monoisotopic (exact) mass is 517 g/mol. The van der Waals surface area contributed by atoms with Crippen molar-refractivity contribution in [2.45, 2.75) is 13.1 Å². The summed E-state index contributed by atoms with van der Waals surface area (Å²) in [5.41, 5.74) is 5.54. The molecule has 1 amide bonds. The number of benzene rings is 4. The van der Waals surface area contributed by atoms with Crippen molar-refractivity contribution in [1.29, 1.82) is 0 Å². The van der Waals surface area contributed by atoms with Gasteiger partial charge in [0.1, 0.15) is 0 Å². The SMILES string of the molecule is O=C(O)c1ccc(CNC(=O)c2cc(-c3cnsc3)cc3ccn(Cc4ccc5ccccc5c4)c23)cc1. The van der Waals surface area contributed by atoms with E-state index in [9.17, 15) is 9.59 Å². The van der Waals surface area contributed by atoms with Gasteiger partial charge in [-0.2, -0.15) is 0 Å². The summed E-state index contributed by atoms with van der Waals surface area (Å²) in [6, 6.07) is 27.3. The summed E-state index contributed by atoms with van der Waals surface area (Å²) < 4.78 is 6.35. The molecule has 0 atom stereocenters. The van der Waals surface area contributed by atoms with Crippen molar-refractivity contribution in [2.75, 3.05) is 0 Å². The predicted molar refractivity (Wildman–Crippen MR) is 151 cm³/mol. The third-order valence-electron chi connectivity index (χ3n) is 6.69. The molecule has 0 saturated heterocycles. The van der Waals surface area contributed by atoms with Crippen molar-refractivity contribution in [2.24, 2.45) is 0 Å². The highest BCUT2D eigenvalue weighted by Gasteiger charge is 2.17. The summed E-state index contributed by atoms with van der Waals surface area (Å²) in [6.45, 7) is 0.917. The average molecular weight is 518 g/mol. The second-order valence-corrected chi connectivity index (χ2v) is 9.84. The van der Waals surface area contributed by atoms with Crippen LogP contribution in [0.5, 0.6) is 0 Å². The number of carbonyl (C=O) groups is 2. The van der Waals surface area contributed by atoms with Crippen LogP contribution in [-0.2, 0) is 13.1 Å². The van der Waals surface area contributed by atoms with Gasteiger partial charge in [0, 0.05) is 41.8 Å². The van der Waals surface area contributed by atoms with Crippen LogP contribution in [0.25, 0.3) is 32.8 Å². The maximum Gasteiger partial charge on any atom is 0.335 e. The van der Waals surface area contributed by atoms with Crippen molar-refractivity contribution < 1.29 is 14.7 Å². The van der Waals surface area contributed by atoms with Gasteiger partial charge in [0.25, 0.3) is 5.91 Å². The third kappa shape index (κ3) is 4.67. The molecule has 0 bridgehead atoms. The lowest BCUT2D eigenvalue weighted by atomic mass is 10.0. The molecule has 38 heavy (non-hydrogen) atoms. The number of hydrogen-bond acceptors (Lipinski definition) is 4. The number of aromatic nitrogens is 2. The van der Waals surface area contributed by atoms with Crippen molar-refractivity contribution in [3.8, 4) is 11.1 Å². The van der Waals surface area contributed by atoms with Crippen LogP contribution < -0.4 is 5.32 Å². The standard InChI is InChI=1S/C31H23N3O3S/c35-30(32-16-20-5-9-23(10-6-20)31(36)37)28-15-26(27-17-33-38-19-27)14-25-11-12-34(29(25)28)18-21-7-8-22-3-1-2-4-24(22)13-21/h1-15,17,19H,16,18H2,(H,32,35)(H,36,37). The van der Waals surface area contributed by atoms with E-state index in [1.807, 2.05) is 42.0 Å². The van der Waals surface area contributed by atoms with Crippen LogP contribution in [0.2, 0.25) is 0 Å². The Hall–Kier alpha value is -4.75. The Morgan fingerprint density at radius 1 is 0.842 bits per heavy atom. The minimum absolute atomic E-state index is 0.194. The number of nitrogens with one attached hydrogen (secondary N) is 1. The molecule has 7 heteroatoms. The van der Waals surface area contributed by atoms with Crippen molar-refractivity contribution >= 4 is 45.1 Å². The number of carboxylic acid groups (broad SMARTS) is 1. The molecule has 4 aromatic carbocycles. The summed E-state index contributed by atoms with van der Waals surface area (Å²) in [5.74, 6) is -1.17. The van der Waals surface area contributed by atoms with Crippen LogP contribution in [0.1, 0.15) is 31.8 Å². The first-order valence-corrected chi connectivity index (χ1v) is 13.0. The molecule has 6 rings (SSSR count). The first-order valence-electron chi connectivity index (χ1n) is 12.2. The Balaban J connectivity index is 1.35.